The molecule has 0 radical (unpaired) electrons. The first-order valence-electron chi connectivity index (χ1n) is 28.3. The summed E-state index contributed by atoms with van der Waals surface area (Å²) in [7, 11) is 0. The van der Waals surface area contributed by atoms with Gasteiger partial charge in [0.25, 0.3) is 0 Å². The summed E-state index contributed by atoms with van der Waals surface area (Å²) in [5, 5.41) is 3.75. The van der Waals surface area contributed by atoms with Gasteiger partial charge in [0.2, 0.25) is 0 Å². The molecule has 0 saturated heterocycles. The van der Waals surface area contributed by atoms with Crippen molar-refractivity contribution in [1.29, 1.82) is 0 Å². The van der Waals surface area contributed by atoms with Gasteiger partial charge in [-0.05, 0) is 141 Å². The second-order valence-corrected chi connectivity index (χ2v) is 21.3. The minimum atomic E-state index is -4.81. The van der Waals surface area contributed by atoms with Gasteiger partial charge in [0, 0.05) is 38.2 Å². The Morgan fingerprint density at radius 3 is 1.01 bits per heavy atom. The number of para-hydroxylation sites is 1. The summed E-state index contributed by atoms with van der Waals surface area (Å²) in [6, 6.07) is 92.9. The van der Waals surface area contributed by atoms with Crippen molar-refractivity contribution in [2.24, 2.45) is 0 Å². The highest BCUT2D eigenvalue weighted by Crippen LogP contribution is 2.45. The molecule has 0 unspecified atom stereocenters. The molecule has 0 atom stereocenters. The van der Waals surface area contributed by atoms with E-state index < -0.39 is 11.7 Å². The fourth-order valence-corrected chi connectivity index (χ4v) is 12.1. The number of benzene rings is 12. The first-order chi connectivity index (χ1) is 42.2. The number of hydrogen-bond donors (Lipinski definition) is 0. The van der Waals surface area contributed by atoms with Crippen LogP contribution in [0.1, 0.15) is 5.56 Å². The summed E-state index contributed by atoms with van der Waals surface area (Å²) < 4.78 is 52.3. The third kappa shape index (κ3) is 9.14. The van der Waals surface area contributed by atoms with Gasteiger partial charge in [-0.25, -0.2) is 19.8 Å². The summed E-state index contributed by atoms with van der Waals surface area (Å²) in [4.78, 5) is 19.1. The maximum Gasteiger partial charge on any atom is 0.418 e. The van der Waals surface area contributed by atoms with Crippen molar-refractivity contribution in [2.75, 3.05) is 0 Å². The molecular formula is C77H47F3N6. The monoisotopic (exact) mass is 1110 g/mol. The second kappa shape index (κ2) is 21.1. The van der Waals surface area contributed by atoms with Crippen molar-refractivity contribution in [3.63, 3.8) is 0 Å². The summed E-state index contributed by atoms with van der Waals surface area (Å²) in [5.41, 5.74) is 14.6. The molecule has 15 aromatic rings. The molecule has 86 heavy (non-hydrogen) atoms. The van der Waals surface area contributed by atoms with Crippen molar-refractivity contribution in [2.45, 2.75) is 6.18 Å². The molecule has 0 amide bonds. The molecule has 0 bridgehead atoms. The Morgan fingerprint density at radius 2 is 0.616 bits per heavy atom. The molecule has 406 valence electrons. The van der Waals surface area contributed by atoms with E-state index in [-0.39, 0.29) is 28.7 Å². The standard InChI is InChI=1S/C77H47F3N6/c1-81-67-30-18-17-29-60(67)61-47-58(35-41-68(61)85-69-37-31-54(49-19-7-2-8-20-49)43-62(69)63-44-55(32-38-70(63)85)50-21-9-3-10-22-50)75-82-74(53-27-15-6-16-28-53)83-76(84-75)59-36-42-73(66(48-59)77(78,79)80)86-71-39-33-56(51-23-11-4-12-24-51)45-64(71)65-46-57(34-40-72(65)86)52-25-13-5-14-26-52/h2-48H. The van der Waals surface area contributed by atoms with Crippen molar-refractivity contribution < 1.29 is 13.2 Å². The van der Waals surface area contributed by atoms with Gasteiger partial charge in [0.15, 0.2) is 23.2 Å². The van der Waals surface area contributed by atoms with E-state index in [1.54, 1.807) is 10.6 Å². The minimum Gasteiger partial charge on any atom is -0.309 e. The van der Waals surface area contributed by atoms with Gasteiger partial charge >= 0.3 is 6.18 Å². The number of nitrogens with zero attached hydrogens (tertiary/aromatic N) is 6. The Hall–Kier alpha value is -11.5. The van der Waals surface area contributed by atoms with Crippen LogP contribution in [0.4, 0.5) is 18.9 Å². The molecule has 9 heteroatoms. The van der Waals surface area contributed by atoms with Crippen LogP contribution in [0.2, 0.25) is 0 Å². The third-order valence-corrected chi connectivity index (χ3v) is 16.2. The van der Waals surface area contributed by atoms with Crippen LogP contribution < -0.4 is 0 Å². The number of halogens is 3. The largest absolute Gasteiger partial charge is 0.418 e. The quantitative estimate of drug-likeness (QED) is 0.128. The molecule has 3 heterocycles. The molecule has 0 aliphatic carbocycles. The molecule has 0 saturated carbocycles. The van der Waals surface area contributed by atoms with Gasteiger partial charge in [-0.15, -0.1) is 0 Å². The van der Waals surface area contributed by atoms with E-state index in [0.29, 0.717) is 33.4 Å². The minimum absolute atomic E-state index is 0.0323. The zero-order valence-electron chi connectivity index (χ0n) is 46.0. The van der Waals surface area contributed by atoms with Gasteiger partial charge in [0.1, 0.15) is 0 Å². The number of alkyl halides is 3. The normalized spacial score (nSPS) is 11.7. The maximum atomic E-state index is 16.1. The SMILES string of the molecule is [C-]#[N+]c1ccccc1-c1cc(-c2nc(-c3ccccc3)nc(-c3ccc(-n4c5ccc(-c6ccccc6)cc5c5cc(-c6ccccc6)ccc54)c(C(F)(F)F)c3)n2)ccc1-n1c2ccc(-c3ccccc3)cc2c2cc(-c3ccccc3)ccc21. The van der Waals surface area contributed by atoms with E-state index >= 15 is 13.2 Å². The number of aromatic nitrogens is 5. The van der Waals surface area contributed by atoms with Crippen molar-refractivity contribution in [3.8, 4) is 101 Å². The van der Waals surface area contributed by atoms with E-state index in [0.717, 1.165) is 94.4 Å². The van der Waals surface area contributed by atoms with Crippen LogP contribution in [-0.4, -0.2) is 24.1 Å². The van der Waals surface area contributed by atoms with Crippen LogP contribution in [0.5, 0.6) is 0 Å². The lowest BCUT2D eigenvalue weighted by Crippen LogP contribution is -2.11. The van der Waals surface area contributed by atoms with Crippen LogP contribution in [-0.2, 0) is 6.18 Å². The molecule has 0 aliphatic rings. The molecule has 15 rings (SSSR count). The smallest absolute Gasteiger partial charge is 0.309 e. The topological polar surface area (TPSA) is 52.9 Å². The Morgan fingerprint density at radius 1 is 0.291 bits per heavy atom. The average molecular weight is 1110 g/mol. The fourth-order valence-electron chi connectivity index (χ4n) is 12.1. The van der Waals surface area contributed by atoms with Gasteiger partial charge in [-0.3, -0.25) is 0 Å². The fraction of sp³-hybridized carbons (Fsp3) is 0.0130. The summed E-state index contributed by atoms with van der Waals surface area (Å²) in [6.07, 6.45) is -4.81. The number of fused-ring (bicyclic) bond motifs is 6. The highest BCUT2D eigenvalue weighted by molar-refractivity contribution is 6.13. The number of hydrogen-bond acceptors (Lipinski definition) is 3. The van der Waals surface area contributed by atoms with E-state index in [2.05, 4.69) is 82.2 Å². The molecule has 12 aromatic carbocycles. The van der Waals surface area contributed by atoms with Gasteiger partial charge in [-0.1, -0.05) is 200 Å². The zero-order chi connectivity index (χ0) is 57.9. The van der Waals surface area contributed by atoms with Gasteiger partial charge in [0.05, 0.1) is 45.6 Å². The van der Waals surface area contributed by atoms with E-state index in [1.807, 2.05) is 194 Å². The van der Waals surface area contributed by atoms with Crippen LogP contribution in [0.15, 0.2) is 285 Å². The van der Waals surface area contributed by atoms with E-state index in [4.69, 9.17) is 21.5 Å². The second-order valence-electron chi connectivity index (χ2n) is 21.3. The average Bonchev–Trinajstić information content (AvgIpc) is 1.64. The van der Waals surface area contributed by atoms with Crippen LogP contribution >= 0.6 is 0 Å². The van der Waals surface area contributed by atoms with E-state index in [9.17, 15) is 0 Å². The predicted molar refractivity (Wildman–Crippen MR) is 343 cm³/mol. The molecular weight excluding hydrogens is 1070 g/mol. The van der Waals surface area contributed by atoms with Gasteiger partial charge < -0.3 is 9.13 Å². The Balaban J connectivity index is 0.919. The first-order valence-corrected chi connectivity index (χ1v) is 28.3. The Labute approximate surface area is 493 Å². The summed E-state index contributed by atoms with van der Waals surface area (Å²) in [6.45, 7) is 8.40. The van der Waals surface area contributed by atoms with Crippen molar-refractivity contribution in [1.82, 2.24) is 24.1 Å². The van der Waals surface area contributed by atoms with E-state index in [1.165, 1.54) is 6.07 Å². The molecule has 0 spiro atoms. The van der Waals surface area contributed by atoms with Crippen LogP contribution in [0.25, 0.3) is 150 Å². The molecule has 3 aromatic heterocycles. The lowest BCUT2D eigenvalue weighted by Gasteiger charge is -2.18. The lowest BCUT2D eigenvalue weighted by molar-refractivity contribution is -0.137. The summed E-state index contributed by atoms with van der Waals surface area (Å²) >= 11 is 0. The predicted octanol–water partition coefficient (Wildman–Crippen LogP) is 21.0. The Kier molecular flexibility index (Phi) is 12.6. The Bertz CT molecular complexity index is 4950. The number of rotatable bonds is 10. The molecule has 0 fully saturated rings. The third-order valence-electron chi connectivity index (χ3n) is 16.2. The van der Waals surface area contributed by atoms with Gasteiger partial charge in [-0.2, -0.15) is 13.2 Å². The van der Waals surface area contributed by atoms with Crippen molar-refractivity contribution in [3.05, 3.63) is 302 Å². The van der Waals surface area contributed by atoms with Crippen LogP contribution in [0.3, 0.4) is 0 Å². The highest BCUT2D eigenvalue weighted by atomic mass is 19.4. The lowest BCUT2D eigenvalue weighted by atomic mass is 9.98. The molecule has 0 aliphatic heterocycles. The first kappa shape index (κ1) is 51.4. The zero-order valence-corrected chi connectivity index (χ0v) is 46.0. The molecule has 0 N–H and O–H groups in total. The van der Waals surface area contributed by atoms with Crippen LogP contribution in [0, 0.1) is 6.57 Å². The summed E-state index contributed by atoms with van der Waals surface area (Å²) in [5.74, 6) is 0.589. The maximum absolute atomic E-state index is 16.1. The highest BCUT2D eigenvalue weighted by Gasteiger charge is 2.36. The molecule has 6 nitrogen and oxygen atoms in total. The van der Waals surface area contributed by atoms with Crippen molar-refractivity contribution >= 4 is 49.3 Å².